The molecule has 0 aliphatic heterocycles. The van der Waals surface area contributed by atoms with E-state index in [0.29, 0.717) is 28.4 Å². The van der Waals surface area contributed by atoms with Crippen molar-refractivity contribution in [3.8, 4) is 11.5 Å². The van der Waals surface area contributed by atoms with Crippen molar-refractivity contribution in [1.29, 1.82) is 0 Å². The van der Waals surface area contributed by atoms with Crippen LogP contribution < -0.4 is 5.32 Å². The highest BCUT2D eigenvalue weighted by Gasteiger charge is 2.16. The summed E-state index contributed by atoms with van der Waals surface area (Å²) in [6.07, 6.45) is 1.65. The van der Waals surface area contributed by atoms with Crippen molar-refractivity contribution >= 4 is 28.5 Å². The van der Waals surface area contributed by atoms with Crippen LogP contribution in [0.1, 0.15) is 21.5 Å². The Balaban J connectivity index is 1.59. The van der Waals surface area contributed by atoms with Gasteiger partial charge in [0.1, 0.15) is 0 Å². The quantitative estimate of drug-likeness (QED) is 0.402. The molecule has 8 nitrogen and oxygen atoms in total. The van der Waals surface area contributed by atoms with Gasteiger partial charge < -0.3 is 9.73 Å². The molecule has 0 saturated carbocycles. The fourth-order valence-corrected chi connectivity index (χ4v) is 2.97. The molecule has 0 atom stereocenters. The summed E-state index contributed by atoms with van der Waals surface area (Å²) >= 11 is 0. The van der Waals surface area contributed by atoms with Crippen molar-refractivity contribution in [2.24, 2.45) is 0 Å². The van der Waals surface area contributed by atoms with Crippen LogP contribution in [0.3, 0.4) is 0 Å². The third-order valence-electron chi connectivity index (χ3n) is 4.55. The minimum absolute atomic E-state index is 0.0886. The Bertz CT molecular complexity index is 1230. The SMILES string of the molecule is Cc1cc(-c2nc3ncccc3o2)ccc1NC(=O)c1ccc(C)c([N+](=O)[O-])c1. The molecule has 0 aliphatic rings. The summed E-state index contributed by atoms with van der Waals surface area (Å²) in [5.41, 5.74) is 3.90. The first-order valence-corrected chi connectivity index (χ1v) is 8.81. The van der Waals surface area contributed by atoms with Gasteiger partial charge in [-0.15, -0.1) is 0 Å². The van der Waals surface area contributed by atoms with Crippen LogP contribution in [0, 0.1) is 24.0 Å². The second-order valence-electron chi connectivity index (χ2n) is 6.59. The Kier molecular flexibility index (Phi) is 4.52. The standard InChI is InChI=1S/C21H16N4O4/c1-12-5-6-14(11-17(12)25(27)28)20(26)23-16-8-7-15(10-13(16)2)21-24-19-18(29-21)4-3-9-22-19/h3-11H,1-2H3,(H,23,26). The summed E-state index contributed by atoms with van der Waals surface area (Å²) in [7, 11) is 0. The number of benzene rings is 2. The Hall–Kier alpha value is -4.07. The first-order chi connectivity index (χ1) is 13.9. The van der Waals surface area contributed by atoms with Crippen LogP contribution in [0.5, 0.6) is 0 Å². The number of hydrogen-bond acceptors (Lipinski definition) is 6. The zero-order valence-electron chi connectivity index (χ0n) is 15.7. The van der Waals surface area contributed by atoms with Crippen molar-refractivity contribution < 1.29 is 14.1 Å². The number of oxazole rings is 1. The Morgan fingerprint density at radius 2 is 1.93 bits per heavy atom. The molecule has 1 amide bonds. The molecule has 0 fully saturated rings. The molecule has 2 heterocycles. The van der Waals surface area contributed by atoms with Gasteiger partial charge in [0, 0.05) is 34.6 Å². The van der Waals surface area contributed by atoms with E-state index >= 15 is 0 Å². The molecule has 4 rings (SSSR count). The Labute approximate surface area is 165 Å². The number of nitrogens with zero attached hydrogens (tertiary/aromatic N) is 3. The smallest absolute Gasteiger partial charge is 0.273 e. The van der Waals surface area contributed by atoms with E-state index in [1.54, 1.807) is 49.5 Å². The van der Waals surface area contributed by atoms with E-state index in [-0.39, 0.29) is 11.3 Å². The lowest BCUT2D eigenvalue weighted by molar-refractivity contribution is -0.385. The van der Waals surface area contributed by atoms with Crippen LogP contribution in [0.2, 0.25) is 0 Å². The molecule has 4 aromatic rings. The van der Waals surface area contributed by atoms with E-state index < -0.39 is 10.8 Å². The van der Waals surface area contributed by atoms with E-state index in [1.165, 1.54) is 6.07 Å². The molecule has 0 saturated heterocycles. The summed E-state index contributed by atoms with van der Waals surface area (Å²) in [6.45, 7) is 3.47. The fraction of sp³-hybridized carbons (Fsp3) is 0.0952. The van der Waals surface area contributed by atoms with E-state index in [0.717, 1.165) is 11.1 Å². The average molecular weight is 388 g/mol. The molecule has 2 aromatic carbocycles. The molecule has 144 valence electrons. The third-order valence-corrected chi connectivity index (χ3v) is 4.55. The van der Waals surface area contributed by atoms with E-state index in [4.69, 9.17) is 4.42 Å². The average Bonchev–Trinajstić information content (AvgIpc) is 3.13. The highest BCUT2D eigenvalue weighted by molar-refractivity contribution is 6.05. The van der Waals surface area contributed by atoms with Gasteiger partial charge in [0.25, 0.3) is 11.6 Å². The van der Waals surface area contributed by atoms with E-state index in [2.05, 4.69) is 15.3 Å². The lowest BCUT2D eigenvalue weighted by Crippen LogP contribution is -2.13. The minimum Gasteiger partial charge on any atom is -0.434 e. The van der Waals surface area contributed by atoms with Crippen molar-refractivity contribution in [3.63, 3.8) is 0 Å². The van der Waals surface area contributed by atoms with Crippen LogP contribution in [-0.2, 0) is 0 Å². The summed E-state index contributed by atoms with van der Waals surface area (Å²) in [4.78, 5) is 31.7. The van der Waals surface area contributed by atoms with Gasteiger partial charge in [-0.3, -0.25) is 14.9 Å². The number of anilines is 1. The van der Waals surface area contributed by atoms with Crippen molar-refractivity contribution in [2.75, 3.05) is 5.32 Å². The van der Waals surface area contributed by atoms with Gasteiger partial charge in [-0.2, -0.15) is 4.98 Å². The number of carbonyl (C=O) groups is 1. The zero-order chi connectivity index (χ0) is 20.5. The van der Waals surface area contributed by atoms with E-state index in [1.807, 2.05) is 13.0 Å². The van der Waals surface area contributed by atoms with Gasteiger partial charge in [-0.25, -0.2) is 4.98 Å². The molecule has 2 aromatic heterocycles. The molecule has 0 radical (unpaired) electrons. The number of aryl methyl sites for hydroxylation is 2. The molecule has 29 heavy (non-hydrogen) atoms. The predicted octanol–water partition coefficient (Wildman–Crippen LogP) is 4.67. The predicted molar refractivity (Wildman–Crippen MR) is 108 cm³/mol. The van der Waals surface area contributed by atoms with Gasteiger partial charge in [-0.05, 0) is 55.8 Å². The second-order valence-corrected chi connectivity index (χ2v) is 6.59. The van der Waals surface area contributed by atoms with Crippen molar-refractivity contribution in [2.45, 2.75) is 13.8 Å². The Morgan fingerprint density at radius 1 is 1.10 bits per heavy atom. The first-order valence-electron chi connectivity index (χ1n) is 8.81. The van der Waals surface area contributed by atoms with Crippen LogP contribution in [0.15, 0.2) is 59.1 Å². The summed E-state index contributed by atoms with van der Waals surface area (Å²) in [5.74, 6) is 0.0175. The maximum atomic E-state index is 12.6. The minimum atomic E-state index is -0.499. The lowest BCUT2D eigenvalue weighted by Gasteiger charge is -2.10. The van der Waals surface area contributed by atoms with Crippen LogP contribution in [0.4, 0.5) is 11.4 Å². The molecule has 0 aliphatic carbocycles. The molecular weight excluding hydrogens is 372 g/mol. The number of nitro groups is 1. The highest BCUT2D eigenvalue weighted by Crippen LogP contribution is 2.27. The van der Waals surface area contributed by atoms with Crippen molar-refractivity contribution in [3.05, 3.63) is 81.5 Å². The van der Waals surface area contributed by atoms with Crippen LogP contribution >= 0.6 is 0 Å². The van der Waals surface area contributed by atoms with E-state index in [9.17, 15) is 14.9 Å². The molecule has 1 N–H and O–H groups in total. The number of amides is 1. The second kappa shape index (κ2) is 7.16. The highest BCUT2D eigenvalue weighted by atomic mass is 16.6. The fourth-order valence-electron chi connectivity index (χ4n) is 2.97. The lowest BCUT2D eigenvalue weighted by atomic mass is 10.1. The number of pyridine rings is 1. The van der Waals surface area contributed by atoms with Gasteiger partial charge in [-0.1, -0.05) is 6.07 Å². The number of aromatic nitrogens is 2. The van der Waals surface area contributed by atoms with Crippen LogP contribution in [-0.4, -0.2) is 20.8 Å². The first kappa shape index (κ1) is 18.3. The molecule has 8 heteroatoms. The number of hydrogen-bond donors (Lipinski definition) is 1. The normalized spacial score (nSPS) is 10.8. The van der Waals surface area contributed by atoms with Gasteiger partial charge in [0.15, 0.2) is 11.2 Å². The van der Waals surface area contributed by atoms with Crippen LogP contribution in [0.25, 0.3) is 22.7 Å². The monoisotopic (exact) mass is 388 g/mol. The maximum Gasteiger partial charge on any atom is 0.273 e. The number of nitro benzene ring substituents is 1. The Morgan fingerprint density at radius 3 is 2.66 bits per heavy atom. The van der Waals surface area contributed by atoms with Gasteiger partial charge >= 0.3 is 0 Å². The largest absolute Gasteiger partial charge is 0.434 e. The number of rotatable bonds is 4. The molecule has 0 spiro atoms. The number of carbonyl (C=O) groups excluding carboxylic acids is 1. The molecular formula is C21H16N4O4. The summed E-state index contributed by atoms with van der Waals surface area (Å²) < 4.78 is 5.72. The third kappa shape index (κ3) is 3.55. The number of nitrogens with one attached hydrogen (secondary N) is 1. The summed E-state index contributed by atoms with van der Waals surface area (Å²) in [5, 5.41) is 13.9. The molecule has 0 bridgehead atoms. The molecule has 0 unspecified atom stereocenters. The van der Waals surface area contributed by atoms with Crippen molar-refractivity contribution in [1.82, 2.24) is 9.97 Å². The summed E-state index contributed by atoms with van der Waals surface area (Å²) in [6, 6.07) is 13.3. The van der Waals surface area contributed by atoms with Gasteiger partial charge in [0.05, 0.1) is 4.92 Å². The zero-order valence-corrected chi connectivity index (χ0v) is 15.7. The topological polar surface area (TPSA) is 111 Å². The number of fused-ring (bicyclic) bond motifs is 1. The van der Waals surface area contributed by atoms with Gasteiger partial charge in [0.2, 0.25) is 5.89 Å². The maximum absolute atomic E-state index is 12.6.